The van der Waals surface area contributed by atoms with Gasteiger partial charge in [-0.05, 0) is 37.6 Å². The highest BCUT2D eigenvalue weighted by molar-refractivity contribution is 6.35. The Balaban J connectivity index is 2.25. The van der Waals surface area contributed by atoms with Crippen molar-refractivity contribution in [3.05, 3.63) is 28.2 Å². The van der Waals surface area contributed by atoms with Crippen LogP contribution in [0, 0.1) is 0 Å². The minimum absolute atomic E-state index is 0.0928. The fourth-order valence-corrected chi connectivity index (χ4v) is 2.18. The van der Waals surface area contributed by atoms with Gasteiger partial charge in [0.2, 0.25) is 11.8 Å². The molecular weight excluding hydrogens is 325 g/mol. The molecule has 0 atom stereocenters. The number of nitrogens with two attached hydrogens (primary N) is 1. The van der Waals surface area contributed by atoms with Gasteiger partial charge in [-0.3, -0.25) is 9.59 Å². The van der Waals surface area contributed by atoms with E-state index in [0.717, 1.165) is 25.7 Å². The van der Waals surface area contributed by atoms with Crippen LogP contribution in [0.1, 0.15) is 32.1 Å². The maximum atomic E-state index is 11.8. The van der Waals surface area contributed by atoms with Crippen LogP contribution < -0.4 is 16.4 Å². The highest BCUT2D eigenvalue weighted by Crippen LogP contribution is 2.25. The number of hydrogen-bond acceptors (Lipinski definition) is 3. The van der Waals surface area contributed by atoms with Crippen LogP contribution in [0.25, 0.3) is 0 Å². The summed E-state index contributed by atoms with van der Waals surface area (Å²) in [6.07, 6.45) is 4.18. The molecule has 2 amide bonds. The number of rotatable bonds is 9. The number of nitrogens with one attached hydrogen (secondary N) is 2. The van der Waals surface area contributed by atoms with E-state index >= 15 is 0 Å². The summed E-state index contributed by atoms with van der Waals surface area (Å²) in [6.45, 7) is 0.586. The molecule has 0 aliphatic carbocycles. The molecule has 1 aromatic rings. The Morgan fingerprint density at radius 2 is 1.77 bits per heavy atom. The van der Waals surface area contributed by atoms with Crippen molar-refractivity contribution in [2.45, 2.75) is 32.1 Å². The molecular formula is C15H21Cl2N3O2. The van der Waals surface area contributed by atoms with Gasteiger partial charge in [-0.25, -0.2) is 0 Å². The van der Waals surface area contributed by atoms with Gasteiger partial charge in [0.15, 0.2) is 0 Å². The fourth-order valence-electron chi connectivity index (χ4n) is 1.84. The SMILES string of the molecule is NCCCCCCC(=O)NCC(=O)Nc1cc(Cl)ccc1Cl. The second-order valence-electron chi connectivity index (χ2n) is 4.90. The zero-order valence-electron chi connectivity index (χ0n) is 12.3. The van der Waals surface area contributed by atoms with Crippen molar-refractivity contribution < 1.29 is 9.59 Å². The van der Waals surface area contributed by atoms with Crippen molar-refractivity contribution in [1.29, 1.82) is 0 Å². The van der Waals surface area contributed by atoms with Crippen LogP contribution in [0.5, 0.6) is 0 Å². The first-order valence-electron chi connectivity index (χ1n) is 7.24. The summed E-state index contributed by atoms with van der Waals surface area (Å²) >= 11 is 11.8. The van der Waals surface area contributed by atoms with Gasteiger partial charge < -0.3 is 16.4 Å². The van der Waals surface area contributed by atoms with Crippen molar-refractivity contribution in [1.82, 2.24) is 5.32 Å². The Morgan fingerprint density at radius 1 is 1.05 bits per heavy atom. The maximum Gasteiger partial charge on any atom is 0.243 e. The van der Waals surface area contributed by atoms with Gasteiger partial charge in [-0.15, -0.1) is 0 Å². The van der Waals surface area contributed by atoms with Gasteiger partial charge in [0, 0.05) is 11.4 Å². The number of halogens is 2. The normalized spacial score (nSPS) is 10.3. The Hall–Kier alpha value is -1.30. The molecule has 122 valence electrons. The van der Waals surface area contributed by atoms with Crippen LogP contribution in [0.2, 0.25) is 10.0 Å². The largest absolute Gasteiger partial charge is 0.347 e. The lowest BCUT2D eigenvalue weighted by atomic mass is 10.1. The minimum Gasteiger partial charge on any atom is -0.347 e. The lowest BCUT2D eigenvalue weighted by Crippen LogP contribution is -2.32. The molecule has 0 saturated heterocycles. The molecule has 0 unspecified atom stereocenters. The Kier molecular flexibility index (Phi) is 8.89. The van der Waals surface area contributed by atoms with E-state index < -0.39 is 0 Å². The van der Waals surface area contributed by atoms with Gasteiger partial charge >= 0.3 is 0 Å². The van der Waals surface area contributed by atoms with Crippen molar-refractivity contribution in [3.8, 4) is 0 Å². The topological polar surface area (TPSA) is 84.2 Å². The molecule has 1 rings (SSSR count). The highest BCUT2D eigenvalue weighted by Gasteiger charge is 2.08. The van der Waals surface area contributed by atoms with Crippen LogP contribution in [0.15, 0.2) is 18.2 Å². The summed E-state index contributed by atoms with van der Waals surface area (Å²) in [7, 11) is 0. The summed E-state index contributed by atoms with van der Waals surface area (Å²) in [4.78, 5) is 23.3. The van der Waals surface area contributed by atoms with Crippen molar-refractivity contribution >= 4 is 40.7 Å². The number of anilines is 1. The van der Waals surface area contributed by atoms with Crippen molar-refractivity contribution in [2.75, 3.05) is 18.4 Å². The first-order chi connectivity index (χ1) is 10.5. The molecule has 0 aliphatic rings. The molecule has 0 radical (unpaired) electrons. The Morgan fingerprint density at radius 3 is 2.50 bits per heavy atom. The van der Waals surface area contributed by atoms with Gasteiger partial charge in [0.1, 0.15) is 0 Å². The zero-order chi connectivity index (χ0) is 16.4. The third kappa shape index (κ3) is 7.64. The molecule has 4 N–H and O–H groups in total. The molecule has 7 heteroatoms. The average Bonchev–Trinajstić information content (AvgIpc) is 2.49. The molecule has 0 saturated carbocycles. The fraction of sp³-hybridized carbons (Fsp3) is 0.467. The summed E-state index contributed by atoms with van der Waals surface area (Å²) in [5, 5.41) is 6.05. The second-order valence-corrected chi connectivity index (χ2v) is 5.75. The molecule has 0 bridgehead atoms. The van der Waals surface area contributed by atoms with E-state index in [1.165, 1.54) is 0 Å². The van der Waals surface area contributed by atoms with Gasteiger partial charge in [0.25, 0.3) is 0 Å². The summed E-state index contributed by atoms with van der Waals surface area (Å²) in [5.41, 5.74) is 5.82. The summed E-state index contributed by atoms with van der Waals surface area (Å²) in [5.74, 6) is -0.485. The van der Waals surface area contributed by atoms with E-state index in [4.69, 9.17) is 28.9 Å². The van der Waals surface area contributed by atoms with Crippen molar-refractivity contribution in [2.24, 2.45) is 5.73 Å². The molecule has 0 spiro atoms. The second kappa shape index (κ2) is 10.4. The monoisotopic (exact) mass is 345 g/mol. The molecule has 0 heterocycles. The lowest BCUT2D eigenvalue weighted by molar-refractivity contribution is -0.124. The predicted octanol–water partition coefficient (Wildman–Crippen LogP) is 2.96. The number of benzene rings is 1. The maximum absolute atomic E-state index is 11.8. The summed E-state index contributed by atoms with van der Waals surface area (Å²) < 4.78 is 0. The van der Waals surface area contributed by atoms with Crippen LogP contribution in [0.4, 0.5) is 5.69 Å². The number of amides is 2. The third-order valence-electron chi connectivity index (χ3n) is 3.01. The van der Waals surface area contributed by atoms with Crippen LogP contribution in [0.3, 0.4) is 0 Å². The first-order valence-corrected chi connectivity index (χ1v) is 8.00. The van der Waals surface area contributed by atoms with Crippen LogP contribution in [-0.4, -0.2) is 24.9 Å². The van der Waals surface area contributed by atoms with E-state index in [2.05, 4.69) is 10.6 Å². The number of unbranched alkanes of at least 4 members (excludes halogenated alkanes) is 3. The zero-order valence-corrected chi connectivity index (χ0v) is 13.8. The van der Waals surface area contributed by atoms with Gasteiger partial charge in [0.05, 0.1) is 17.3 Å². The predicted molar refractivity (Wildman–Crippen MR) is 90.2 cm³/mol. The van der Waals surface area contributed by atoms with Gasteiger partial charge in [-0.1, -0.05) is 36.0 Å². The van der Waals surface area contributed by atoms with Crippen LogP contribution >= 0.6 is 23.2 Å². The Labute approximate surface area is 140 Å². The number of hydrogen-bond donors (Lipinski definition) is 3. The molecule has 1 aromatic carbocycles. The number of carbonyl (C=O) groups is 2. The molecule has 0 fully saturated rings. The van der Waals surface area contributed by atoms with E-state index in [-0.39, 0.29) is 18.4 Å². The molecule has 5 nitrogen and oxygen atoms in total. The smallest absolute Gasteiger partial charge is 0.243 e. The average molecular weight is 346 g/mol. The third-order valence-corrected chi connectivity index (χ3v) is 3.57. The molecule has 0 aliphatic heterocycles. The van der Waals surface area contributed by atoms with Crippen molar-refractivity contribution in [3.63, 3.8) is 0 Å². The summed E-state index contributed by atoms with van der Waals surface area (Å²) in [6, 6.07) is 4.78. The van der Waals surface area contributed by atoms with E-state index in [0.29, 0.717) is 28.7 Å². The van der Waals surface area contributed by atoms with E-state index in [1.54, 1.807) is 18.2 Å². The number of carbonyl (C=O) groups excluding carboxylic acids is 2. The Bertz CT molecular complexity index is 510. The highest BCUT2D eigenvalue weighted by atomic mass is 35.5. The molecule has 0 aromatic heterocycles. The lowest BCUT2D eigenvalue weighted by Gasteiger charge is -2.09. The first kappa shape index (κ1) is 18.7. The van der Waals surface area contributed by atoms with E-state index in [9.17, 15) is 9.59 Å². The van der Waals surface area contributed by atoms with Crippen LogP contribution in [-0.2, 0) is 9.59 Å². The minimum atomic E-state index is -0.347. The quantitative estimate of drug-likeness (QED) is 0.601. The van der Waals surface area contributed by atoms with E-state index in [1.807, 2.05) is 0 Å². The molecule has 22 heavy (non-hydrogen) atoms. The van der Waals surface area contributed by atoms with Gasteiger partial charge in [-0.2, -0.15) is 0 Å². The standard InChI is InChI=1S/C15H21Cl2N3O2/c16-11-6-7-12(17)13(9-11)20-15(22)10-19-14(21)5-3-1-2-4-8-18/h6-7,9H,1-5,8,10,18H2,(H,19,21)(H,20,22).